The molecule has 15 nitrogen and oxygen atoms in total. The summed E-state index contributed by atoms with van der Waals surface area (Å²) in [5.41, 5.74) is 1.18. The molecule has 2 atom stereocenters. The molecule has 0 N–H and O–H groups in total. The van der Waals surface area contributed by atoms with Crippen LogP contribution in [0.2, 0.25) is 0 Å². The summed E-state index contributed by atoms with van der Waals surface area (Å²) in [5.74, 6) is -11.2. The van der Waals surface area contributed by atoms with Crippen molar-refractivity contribution >= 4 is 59.0 Å². The van der Waals surface area contributed by atoms with Gasteiger partial charge in [0.05, 0.1) is 13.0 Å². The highest BCUT2D eigenvalue weighted by molar-refractivity contribution is 8.02. The van der Waals surface area contributed by atoms with Gasteiger partial charge in [-0.25, -0.2) is 25.8 Å². The van der Waals surface area contributed by atoms with Crippen LogP contribution in [0.4, 0.5) is 35.1 Å². The van der Waals surface area contributed by atoms with Crippen LogP contribution < -0.4 is 0 Å². The third-order valence-corrected chi connectivity index (χ3v) is 10.9. The zero-order valence-corrected chi connectivity index (χ0v) is 30.9. The van der Waals surface area contributed by atoms with Gasteiger partial charge in [-0.1, -0.05) is 43.5 Å². The summed E-state index contributed by atoms with van der Waals surface area (Å²) in [7, 11) is -20.5. The number of halogens is 8. The highest BCUT2D eigenvalue weighted by atomic mass is 32.3. The Hall–Kier alpha value is -3.89. The van der Waals surface area contributed by atoms with Gasteiger partial charge in [-0.3, -0.25) is 13.8 Å². The number of ether oxygens (including phenoxy) is 1. The molecule has 0 fully saturated rings. The van der Waals surface area contributed by atoms with E-state index in [2.05, 4.69) is 21.5 Å². The minimum atomic E-state index is -7.40. The lowest BCUT2D eigenvalue weighted by Gasteiger charge is -2.32. The number of Topliss-reactive ketones (excluding diaryl/α,β-unsaturated/α-hetero) is 2. The van der Waals surface area contributed by atoms with E-state index in [-0.39, 0.29) is 23.3 Å². The Balaban J connectivity index is 0.000000568. The number of rotatable bonds is 18. The number of carbonyl (C=O) groups excluding carboxylic acids is 3. The number of hydrogen-bond donors (Lipinski definition) is 0. The van der Waals surface area contributed by atoms with E-state index in [0.29, 0.717) is 17.7 Å². The number of hydrogen-bond acceptors (Lipinski definition) is 15. The number of carbonyl (C=O) groups is 3. The van der Waals surface area contributed by atoms with Crippen LogP contribution in [-0.4, -0.2) is 77.1 Å². The van der Waals surface area contributed by atoms with Gasteiger partial charge in [-0.05, 0) is 49.1 Å². The number of ketones is 2. The topological polar surface area (TPSA) is 245 Å². The molecule has 0 radical (unpaired) electrons. The standard InChI is InChI=1S/C15H14F6O8S2.C13H14F2O7S2/c1-8(2)11(22)7-12(23)9-3-5-10(6-4-9)29-31(27,28)15(20,21)13(16,17)14(18,19)30(24,25)26;1-9(2)12(16)21-7-10-3-5-11(6-4-10)8-22-23(17)13(14,15)24(18,19)20/h3,5-6,9H,1,4,7H2,2H3,(H,24,25,26);3-6H,1,7-8H2,2H3,(H,18,19,20)/p-2. The molecule has 0 bridgehead atoms. The molecule has 0 amide bonds. The van der Waals surface area contributed by atoms with E-state index < -0.39 is 111 Å². The molecule has 310 valence electrons. The quantitative estimate of drug-likeness (QED) is 0.0508. The fraction of sp³-hybridized carbons (Fsp3) is 0.393. The van der Waals surface area contributed by atoms with E-state index in [9.17, 15) is 88.1 Å². The lowest BCUT2D eigenvalue weighted by Crippen LogP contribution is -2.60. The first-order valence-electron chi connectivity index (χ1n) is 14.1. The molecule has 0 saturated carbocycles. The molecule has 0 aromatic heterocycles. The van der Waals surface area contributed by atoms with Gasteiger partial charge in [0.25, 0.3) is 0 Å². The van der Waals surface area contributed by atoms with Crippen LogP contribution in [0.3, 0.4) is 0 Å². The highest BCUT2D eigenvalue weighted by Crippen LogP contribution is 2.51. The second-order valence-electron chi connectivity index (χ2n) is 10.8. The van der Waals surface area contributed by atoms with Gasteiger partial charge in [-0.2, -0.15) is 43.5 Å². The van der Waals surface area contributed by atoms with Gasteiger partial charge >= 0.3 is 37.1 Å². The maximum atomic E-state index is 13.7. The average Bonchev–Trinajstić information content (AvgIpc) is 3.05. The van der Waals surface area contributed by atoms with Crippen molar-refractivity contribution in [3.63, 3.8) is 0 Å². The van der Waals surface area contributed by atoms with E-state index in [1.807, 2.05) is 0 Å². The Kier molecular flexibility index (Phi) is 16.0. The minimum absolute atomic E-state index is 0.0365. The van der Waals surface area contributed by atoms with E-state index >= 15 is 0 Å². The molecule has 0 spiro atoms. The molecule has 1 aromatic rings. The molecule has 1 aliphatic rings. The average molecular weight is 883 g/mol. The predicted molar refractivity (Wildman–Crippen MR) is 168 cm³/mol. The summed E-state index contributed by atoms with van der Waals surface area (Å²) in [6.45, 7) is 8.91. The first-order valence-corrected chi connectivity index (χ1v) is 19.4. The smallest absolute Gasteiger partial charge is 0.450 e. The van der Waals surface area contributed by atoms with Crippen molar-refractivity contribution in [3.8, 4) is 0 Å². The van der Waals surface area contributed by atoms with Crippen LogP contribution in [0, 0.1) is 5.92 Å². The summed E-state index contributed by atoms with van der Waals surface area (Å²) in [6, 6.07) is 5.81. The van der Waals surface area contributed by atoms with E-state index in [4.69, 9.17) is 4.74 Å². The molecular weight excluding hydrogens is 857 g/mol. The maximum Gasteiger partial charge on any atom is 0.450 e. The lowest BCUT2D eigenvalue weighted by molar-refractivity contribution is -0.247. The number of allylic oxidation sites excluding steroid dienone is 4. The van der Waals surface area contributed by atoms with Gasteiger partial charge in [0.15, 0.2) is 26.0 Å². The monoisotopic (exact) mass is 882 g/mol. The number of esters is 1. The summed E-state index contributed by atoms with van der Waals surface area (Å²) < 4.78 is 210. The molecule has 0 heterocycles. The second-order valence-corrected chi connectivity index (χ2v) is 16.7. The van der Waals surface area contributed by atoms with E-state index in [1.54, 1.807) is 0 Å². The molecule has 55 heavy (non-hydrogen) atoms. The van der Waals surface area contributed by atoms with Crippen molar-refractivity contribution < 1.29 is 101 Å². The molecular formula is C28H26F8O15S4-2. The van der Waals surface area contributed by atoms with Crippen LogP contribution in [0.25, 0.3) is 0 Å². The molecule has 1 aromatic carbocycles. The van der Waals surface area contributed by atoms with Gasteiger partial charge < -0.3 is 18.0 Å². The third-order valence-electron chi connectivity index (χ3n) is 6.41. The number of benzene rings is 1. The van der Waals surface area contributed by atoms with Crippen LogP contribution in [0.5, 0.6) is 0 Å². The predicted octanol–water partition coefficient (Wildman–Crippen LogP) is 3.85. The normalized spacial score (nSPS) is 16.1. The van der Waals surface area contributed by atoms with Crippen molar-refractivity contribution in [2.75, 3.05) is 0 Å². The Morgan fingerprint density at radius 2 is 1.31 bits per heavy atom. The summed E-state index contributed by atoms with van der Waals surface area (Å²) in [5, 5.41) is -13.8. The summed E-state index contributed by atoms with van der Waals surface area (Å²) in [4.78, 5) is 34.6. The second kappa shape index (κ2) is 17.9. The summed E-state index contributed by atoms with van der Waals surface area (Å²) in [6.07, 6.45) is 1.08. The van der Waals surface area contributed by atoms with Crippen molar-refractivity contribution in [3.05, 3.63) is 83.7 Å². The Morgan fingerprint density at radius 3 is 1.71 bits per heavy atom. The molecule has 27 heteroatoms. The fourth-order valence-corrected chi connectivity index (χ4v) is 5.90. The summed E-state index contributed by atoms with van der Waals surface area (Å²) >= 11 is -3.63. The first kappa shape index (κ1) is 49.1. The lowest BCUT2D eigenvalue weighted by atomic mass is 9.92. The van der Waals surface area contributed by atoms with Gasteiger partial charge in [-0.15, -0.1) is 0 Å². The van der Waals surface area contributed by atoms with Crippen molar-refractivity contribution in [1.29, 1.82) is 0 Å². The van der Waals surface area contributed by atoms with Crippen LogP contribution in [0.15, 0.2) is 72.6 Å². The van der Waals surface area contributed by atoms with Crippen molar-refractivity contribution in [2.24, 2.45) is 5.92 Å². The Morgan fingerprint density at radius 1 is 0.818 bits per heavy atom. The van der Waals surface area contributed by atoms with Crippen molar-refractivity contribution in [1.82, 2.24) is 0 Å². The first-order chi connectivity index (χ1) is 24.6. The number of alkyl halides is 8. The molecule has 2 rings (SSSR count). The van der Waals surface area contributed by atoms with Crippen LogP contribution in [-0.2, 0) is 82.1 Å². The SMILES string of the molecule is C=C(C)C(=O)CC(=O)C1C=CC(OS(=O)(=O)C(F)(F)C(F)(F)C(F)(F)S(=O)(=O)[O-])=CC1.C=C(C)C(=O)OCc1ccc(COS(=O)C(F)(F)S(=O)(=O)[O-])cc1. The Labute approximate surface area is 310 Å². The maximum absolute atomic E-state index is 13.7. The zero-order chi connectivity index (χ0) is 43.2. The van der Waals surface area contributed by atoms with E-state index in [0.717, 1.165) is 6.08 Å². The molecule has 1 aliphatic carbocycles. The Bertz CT molecular complexity index is 2100. The van der Waals surface area contributed by atoms with E-state index in [1.165, 1.54) is 38.1 Å². The third kappa shape index (κ3) is 12.0. The largest absolute Gasteiger partial charge is 0.743 e. The minimum Gasteiger partial charge on any atom is -0.743 e. The van der Waals surface area contributed by atoms with Gasteiger partial charge in [0.1, 0.15) is 18.1 Å². The molecule has 0 aliphatic heterocycles. The van der Waals surface area contributed by atoms with Crippen molar-refractivity contribution in [2.45, 2.75) is 60.9 Å². The molecule has 2 unspecified atom stereocenters. The highest BCUT2D eigenvalue weighted by Gasteiger charge is 2.81. The zero-order valence-electron chi connectivity index (χ0n) is 27.6. The van der Waals surface area contributed by atoms with Crippen LogP contribution in [0.1, 0.15) is 37.8 Å². The fourth-order valence-electron chi connectivity index (χ4n) is 3.28. The molecule has 0 saturated heterocycles. The van der Waals surface area contributed by atoms with Gasteiger partial charge in [0, 0.05) is 11.5 Å². The van der Waals surface area contributed by atoms with Crippen LogP contribution >= 0.6 is 0 Å². The van der Waals surface area contributed by atoms with Gasteiger partial charge in [0.2, 0.25) is 11.1 Å².